The van der Waals surface area contributed by atoms with Crippen LogP contribution in [0.3, 0.4) is 0 Å². The third-order valence-electron chi connectivity index (χ3n) is 5.62. The number of benzene rings is 2. The van der Waals surface area contributed by atoms with Crippen molar-refractivity contribution in [3.8, 4) is 28.7 Å². The minimum absolute atomic E-state index is 0.0530. The van der Waals surface area contributed by atoms with Crippen LogP contribution in [-0.2, 0) is 10.0 Å². The smallest absolute Gasteiger partial charge is 0.263 e. The minimum atomic E-state index is -3.96. The van der Waals surface area contributed by atoms with Gasteiger partial charge in [-0.2, -0.15) is 9.64 Å². The summed E-state index contributed by atoms with van der Waals surface area (Å²) in [4.78, 5) is 10.5. The van der Waals surface area contributed by atoms with E-state index in [9.17, 15) is 13.7 Å². The summed E-state index contributed by atoms with van der Waals surface area (Å²) in [6.45, 7) is 3.47. The second-order valence-electron chi connectivity index (χ2n) is 8.00. The fraction of sp³-hybridized carbons (Fsp3) is 0.167. The van der Waals surface area contributed by atoms with Gasteiger partial charge in [0.2, 0.25) is 5.13 Å². The Bertz CT molecular complexity index is 1570. The fourth-order valence-electron chi connectivity index (χ4n) is 3.83. The molecule has 1 aliphatic rings. The highest BCUT2D eigenvalue weighted by Crippen LogP contribution is 2.38. The number of anilines is 2. The number of nitriles is 1. The van der Waals surface area contributed by atoms with E-state index >= 15 is 0 Å². The van der Waals surface area contributed by atoms with E-state index in [1.807, 2.05) is 18.2 Å². The number of rotatable bonds is 7. The molecule has 1 fully saturated rings. The lowest BCUT2D eigenvalue weighted by Gasteiger charge is -2.28. The topological polar surface area (TPSA) is 133 Å². The van der Waals surface area contributed by atoms with Crippen molar-refractivity contribution < 1.29 is 13.2 Å². The molecule has 2 aromatic carbocycles. The van der Waals surface area contributed by atoms with Crippen molar-refractivity contribution in [2.45, 2.75) is 4.90 Å². The Morgan fingerprint density at radius 1 is 1.08 bits per heavy atom. The van der Waals surface area contributed by atoms with Crippen LogP contribution in [0.15, 0.2) is 66.0 Å². The summed E-state index contributed by atoms with van der Waals surface area (Å²) in [5, 5.41) is 13.7. The third-order valence-corrected chi connectivity index (χ3v) is 7.90. The van der Waals surface area contributed by atoms with Crippen molar-refractivity contribution in [3.05, 3.63) is 71.6 Å². The number of sulfonamides is 1. The van der Waals surface area contributed by atoms with Crippen LogP contribution < -0.4 is 19.7 Å². The molecule has 0 saturated carbocycles. The van der Waals surface area contributed by atoms with Gasteiger partial charge in [-0.25, -0.2) is 18.4 Å². The molecular weight excluding hydrogens is 534 g/mol. The van der Waals surface area contributed by atoms with Gasteiger partial charge in [0.15, 0.2) is 0 Å². The summed E-state index contributed by atoms with van der Waals surface area (Å²) in [5.74, 6) is 1.51. The van der Waals surface area contributed by atoms with Crippen molar-refractivity contribution in [2.24, 2.45) is 0 Å². The van der Waals surface area contributed by atoms with Gasteiger partial charge in [-0.15, -0.1) is 0 Å². The lowest BCUT2D eigenvalue weighted by molar-refractivity contribution is 0.482. The SMILES string of the molecule is N#Cc1cc(S(=O)(=O)Nc2ncns2)ccc1Oc1ccc(Cl)cc1-c1ccnc(N2CCNCC2)c1. The molecule has 4 aromatic rings. The van der Waals surface area contributed by atoms with E-state index in [1.54, 1.807) is 24.4 Å². The molecule has 10 nitrogen and oxygen atoms in total. The van der Waals surface area contributed by atoms with Crippen LogP contribution in [0.2, 0.25) is 5.02 Å². The summed E-state index contributed by atoms with van der Waals surface area (Å²) < 4.78 is 37.7. The minimum Gasteiger partial charge on any atom is -0.455 e. The first-order valence-electron chi connectivity index (χ1n) is 11.2. The van der Waals surface area contributed by atoms with Crippen LogP contribution in [0.4, 0.5) is 10.9 Å². The normalized spacial score (nSPS) is 13.7. The number of nitrogens with zero attached hydrogens (tertiary/aromatic N) is 5. The Morgan fingerprint density at radius 3 is 2.65 bits per heavy atom. The van der Waals surface area contributed by atoms with E-state index in [1.165, 1.54) is 24.5 Å². The number of pyridine rings is 1. The molecule has 0 aliphatic carbocycles. The molecule has 1 aliphatic heterocycles. The van der Waals surface area contributed by atoms with Crippen LogP contribution in [0.25, 0.3) is 11.1 Å². The van der Waals surface area contributed by atoms with Gasteiger partial charge in [0.25, 0.3) is 10.0 Å². The summed E-state index contributed by atoms with van der Waals surface area (Å²) in [6.07, 6.45) is 2.99. The first-order chi connectivity index (χ1) is 17.9. The molecule has 5 rings (SSSR count). The lowest BCUT2D eigenvalue weighted by Crippen LogP contribution is -2.43. The molecule has 0 amide bonds. The lowest BCUT2D eigenvalue weighted by atomic mass is 10.1. The number of nitrogens with one attached hydrogen (secondary N) is 2. The molecule has 0 atom stereocenters. The Labute approximate surface area is 222 Å². The zero-order chi connectivity index (χ0) is 25.8. The maximum absolute atomic E-state index is 12.7. The Morgan fingerprint density at radius 2 is 1.89 bits per heavy atom. The summed E-state index contributed by atoms with van der Waals surface area (Å²) >= 11 is 7.23. The molecule has 0 radical (unpaired) electrons. The number of halogens is 1. The Kier molecular flexibility index (Phi) is 7.20. The van der Waals surface area contributed by atoms with Gasteiger partial charge in [-0.3, -0.25) is 4.72 Å². The van der Waals surface area contributed by atoms with Gasteiger partial charge in [-0.1, -0.05) is 11.6 Å². The quantitative estimate of drug-likeness (QED) is 0.346. The van der Waals surface area contributed by atoms with E-state index in [4.69, 9.17) is 16.3 Å². The predicted octanol–water partition coefficient (Wildman–Crippen LogP) is 4.13. The molecule has 0 spiro atoms. The largest absolute Gasteiger partial charge is 0.455 e. The number of hydrogen-bond donors (Lipinski definition) is 2. The molecule has 3 heterocycles. The van der Waals surface area contributed by atoms with Crippen molar-refractivity contribution >= 4 is 44.1 Å². The van der Waals surface area contributed by atoms with Gasteiger partial charge in [0.05, 0.1) is 10.5 Å². The standard InChI is InChI=1S/C24H20ClN7O3S2/c25-18-1-3-22(20(13-18)16-5-6-28-23(12-16)32-9-7-27-8-10-32)35-21-4-2-19(11-17(21)14-26)37(33,34)31-24-29-15-30-36-24/h1-6,11-13,15,27H,7-10H2,(H,29,30,31). The monoisotopic (exact) mass is 553 g/mol. The molecule has 1 saturated heterocycles. The van der Waals surface area contributed by atoms with Crippen LogP contribution in [0.1, 0.15) is 5.56 Å². The highest BCUT2D eigenvalue weighted by molar-refractivity contribution is 7.93. The van der Waals surface area contributed by atoms with E-state index in [-0.39, 0.29) is 21.3 Å². The molecule has 0 unspecified atom stereocenters. The van der Waals surface area contributed by atoms with Crippen molar-refractivity contribution in [1.29, 1.82) is 5.26 Å². The highest BCUT2D eigenvalue weighted by atomic mass is 35.5. The molecule has 2 aromatic heterocycles. The van der Waals surface area contributed by atoms with Gasteiger partial charge in [-0.05, 0) is 54.1 Å². The van der Waals surface area contributed by atoms with Crippen LogP contribution in [0, 0.1) is 11.3 Å². The second-order valence-corrected chi connectivity index (χ2v) is 10.9. The van der Waals surface area contributed by atoms with Crippen LogP contribution in [-0.4, -0.2) is 48.9 Å². The number of hydrogen-bond acceptors (Lipinski definition) is 10. The van der Waals surface area contributed by atoms with Gasteiger partial charge in [0.1, 0.15) is 29.7 Å². The molecule has 0 bridgehead atoms. The number of ether oxygens (including phenoxy) is 1. The van der Waals surface area contributed by atoms with Gasteiger partial charge >= 0.3 is 0 Å². The Hall–Kier alpha value is -3.76. The molecule has 13 heteroatoms. The van der Waals surface area contributed by atoms with Gasteiger partial charge in [0, 0.05) is 54.5 Å². The summed E-state index contributed by atoms with van der Waals surface area (Å²) in [7, 11) is -3.96. The summed E-state index contributed by atoms with van der Waals surface area (Å²) in [5.41, 5.74) is 1.61. The maximum Gasteiger partial charge on any atom is 0.263 e. The highest BCUT2D eigenvalue weighted by Gasteiger charge is 2.20. The van der Waals surface area contributed by atoms with Gasteiger partial charge < -0.3 is 15.0 Å². The molecule has 2 N–H and O–H groups in total. The Balaban J connectivity index is 1.46. The van der Waals surface area contributed by atoms with E-state index in [0.717, 1.165) is 49.1 Å². The average Bonchev–Trinajstić information content (AvgIpc) is 3.42. The zero-order valence-electron chi connectivity index (χ0n) is 19.3. The predicted molar refractivity (Wildman–Crippen MR) is 142 cm³/mol. The van der Waals surface area contributed by atoms with E-state index in [0.29, 0.717) is 16.3 Å². The first-order valence-corrected chi connectivity index (χ1v) is 13.8. The van der Waals surface area contributed by atoms with Crippen LogP contribution in [0.5, 0.6) is 11.5 Å². The maximum atomic E-state index is 12.7. The third kappa shape index (κ3) is 5.65. The number of aromatic nitrogens is 3. The van der Waals surface area contributed by atoms with Crippen LogP contribution >= 0.6 is 23.1 Å². The summed E-state index contributed by atoms with van der Waals surface area (Å²) in [6, 6.07) is 15.1. The van der Waals surface area contributed by atoms with Crippen molar-refractivity contribution in [2.75, 3.05) is 35.8 Å². The average molecular weight is 554 g/mol. The zero-order valence-corrected chi connectivity index (χ0v) is 21.6. The molecule has 37 heavy (non-hydrogen) atoms. The van der Waals surface area contributed by atoms with Crippen molar-refractivity contribution in [3.63, 3.8) is 0 Å². The molecular formula is C24H20ClN7O3S2. The van der Waals surface area contributed by atoms with E-state index < -0.39 is 10.0 Å². The second kappa shape index (κ2) is 10.7. The first kappa shape index (κ1) is 24.9. The molecule has 188 valence electrons. The number of piperazine rings is 1. The van der Waals surface area contributed by atoms with Crippen molar-refractivity contribution in [1.82, 2.24) is 19.7 Å². The fourth-order valence-corrected chi connectivity index (χ4v) is 5.69. The van der Waals surface area contributed by atoms with E-state index in [2.05, 4.69) is 29.3 Å².